The molecule has 6 heteroatoms. The van der Waals surface area contributed by atoms with Gasteiger partial charge in [0, 0.05) is 18.6 Å². The summed E-state index contributed by atoms with van der Waals surface area (Å²) in [6.45, 7) is 0. The lowest BCUT2D eigenvalue weighted by Gasteiger charge is -2.08. The van der Waals surface area contributed by atoms with Crippen LogP contribution < -0.4 is 10.1 Å². The lowest BCUT2D eigenvalue weighted by atomic mass is 10.4. The summed E-state index contributed by atoms with van der Waals surface area (Å²) >= 11 is 0. The molecule has 2 rings (SSSR count). The van der Waals surface area contributed by atoms with E-state index in [0.717, 1.165) is 0 Å². The highest BCUT2D eigenvalue weighted by atomic mass is 16.5. The molecule has 0 spiro atoms. The van der Waals surface area contributed by atoms with E-state index < -0.39 is 0 Å². The zero-order valence-electron chi connectivity index (χ0n) is 8.62. The molecule has 1 N–H and O–H groups in total. The van der Waals surface area contributed by atoms with E-state index in [1.54, 1.807) is 24.5 Å². The van der Waals surface area contributed by atoms with Crippen molar-refractivity contribution in [1.82, 2.24) is 14.5 Å². The molecule has 0 saturated heterocycles. The zero-order chi connectivity index (χ0) is 11.4. The van der Waals surface area contributed by atoms with Crippen molar-refractivity contribution in [1.29, 1.82) is 0 Å². The molecule has 0 bridgehead atoms. The first-order valence-corrected chi connectivity index (χ1v) is 4.59. The number of hydrogen-bond acceptors (Lipinski definition) is 4. The second-order valence-electron chi connectivity index (χ2n) is 2.96. The van der Waals surface area contributed by atoms with Crippen LogP contribution in [-0.4, -0.2) is 27.7 Å². The Bertz CT molecular complexity index is 481. The van der Waals surface area contributed by atoms with E-state index >= 15 is 0 Å². The smallest absolute Gasteiger partial charge is 0.331 e. The molecule has 16 heavy (non-hydrogen) atoms. The van der Waals surface area contributed by atoms with Gasteiger partial charge < -0.3 is 10.1 Å². The minimum Gasteiger partial charge on any atom is -0.480 e. The van der Waals surface area contributed by atoms with Crippen LogP contribution in [0.15, 0.2) is 37.1 Å². The molecule has 2 aromatic rings. The quantitative estimate of drug-likeness (QED) is 0.826. The molecule has 0 aliphatic rings. The number of anilines is 1. The van der Waals surface area contributed by atoms with E-state index in [4.69, 9.17) is 4.74 Å². The fraction of sp³-hybridized carbons (Fsp3) is 0.100. The van der Waals surface area contributed by atoms with Crippen molar-refractivity contribution < 1.29 is 9.53 Å². The number of carbonyl (C=O) groups excluding carboxylic acids is 1. The molecule has 2 aromatic heterocycles. The molecule has 0 atom stereocenters. The number of pyridine rings is 1. The van der Waals surface area contributed by atoms with E-state index in [2.05, 4.69) is 15.3 Å². The maximum Gasteiger partial charge on any atom is 0.331 e. The van der Waals surface area contributed by atoms with Crippen molar-refractivity contribution >= 4 is 11.7 Å². The number of hydrogen-bond donors (Lipinski definition) is 1. The number of amides is 1. The lowest BCUT2D eigenvalue weighted by molar-refractivity contribution is 0.253. The van der Waals surface area contributed by atoms with Gasteiger partial charge in [-0.2, -0.15) is 0 Å². The Labute approximate surface area is 91.9 Å². The Morgan fingerprint density at radius 2 is 2.38 bits per heavy atom. The van der Waals surface area contributed by atoms with Gasteiger partial charge in [-0.15, -0.1) is 0 Å². The number of methoxy groups -OCH3 is 1. The Balaban J connectivity index is 2.18. The number of rotatable bonds is 2. The average Bonchev–Trinajstić information content (AvgIpc) is 2.83. The van der Waals surface area contributed by atoms with Crippen molar-refractivity contribution in [2.45, 2.75) is 0 Å². The van der Waals surface area contributed by atoms with Gasteiger partial charge in [-0.05, 0) is 12.1 Å². The predicted molar refractivity (Wildman–Crippen MR) is 57.4 cm³/mol. The SMILES string of the molecule is COc1ncccc1NC(=O)n1ccnc1. The first-order chi connectivity index (χ1) is 7.81. The van der Waals surface area contributed by atoms with Crippen molar-refractivity contribution in [3.8, 4) is 5.88 Å². The van der Waals surface area contributed by atoms with E-state index in [0.29, 0.717) is 11.6 Å². The van der Waals surface area contributed by atoms with Crippen molar-refractivity contribution in [2.75, 3.05) is 12.4 Å². The fourth-order valence-electron chi connectivity index (χ4n) is 1.21. The Hall–Kier alpha value is -2.37. The first-order valence-electron chi connectivity index (χ1n) is 4.59. The Morgan fingerprint density at radius 1 is 1.50 bits per heavy atom. The molecule has 2 heterocycles. The van der Waals surface area contributed by atoms with E-state index in [1.165, 1.54) is 24.2 Å². The molecule has 0 fully saturated rings. The topological polar surface area (TPSA) is 69.0 Å². The van der Waals surface area contributed by atoms with Gasteiger partial charge >= 0.3 is 6.03 Å². The average molecular weight is 218 g/mol. The van der Waals surface area contributed by atoms with E-state index in [9.17, 15) is 4.79 Å². The molecule has 82 valence electrons. The van der Waals surface area contributed by atoms with Crippen LogP contribution in [0.25, 0.3) is 0 Å². The molecule has 0 unspecified atom stereocenters. The number of aromatic nitrogens is 3. The largest absolute Gasteiger partial charge is 0.480 e. The van der Waals surface area contributed by atoms with Crippen LogP contribution in [0.1, 0.15) is 0 Å². The number of ether oxygens (including phenoxy) is 1. The van der Waals surface area contributed by atoms with Gasteiger partial charge in [-0.25, -0.2) is 14.8 Å². The van der Waals surface area contributed by atoms with Crippen LogP contribution in [0.5, 0.6) is 5.88 Å². The van der Waals surface area contributed by atoms with Crippen LogP contribution >= 0.6 is 0 Å². The van der Waals surface area contributed by atoms with Gasteiger partial charge in [0.15, 0.2) is 0 Å². The third kappa shape index (κ3) is 2.00. The number of imidazole rings is 1. The highest BCUT2D eigenvalue weighted by Crippen LogP contribution is 2.19. The number of carbonyl (C=O) groups is 1. The zero-order valence-corrected chi connectivity index (χ0v) is 8.62. The summed E-state index contributed by atoms with van der Waals surface area (Å²) in [7, 11) is 1.50. The number of nitrogens with one attached hydrogen (secondary N) is 1. The predicted octanol–water partition coefficient (Wildman–Crippen LogP) is 1.37. The van der Waals surface area contributed by atoms with Gasteiger partial charge in [0.1, 0.15) is 12.0 Å². The van der Waals surface area contributed by atoms with E-state index in [1.807, 2.05) is 0 Å². The highest BCUT2D eigenvalue weighted by Gasteiger charge is 2.08. The van der Waals surface area contributed by atoms with E-state index in [-0.39, 0.29) is 6.03 Å². The molecule has 6 nitrogen and oxygen atoms in total. The van der Waals surface area contributed by atoms with Crippen LogP contribution in [0, 0.1) is 0 Å². The molecular weight excluding hydrogens is 208 g/mol. The summed E-state index contributed by atoms with van der Waals surface area (Å²) < 4.78 is 6.34. The summed E-state index contributed by atoms with van der Waals surface area (Å²) in [5.74, 6) is 0.371. The third-order valence-corrected chi connectivity index (χ3v) is 1.95. The second-order valence-corrected chi connectivity index (χ2v) is 2.96. The highest BCUT2D eigenvalue weighted by molar-refractivity contribution is 5.91. The summed E-state index contributed by atoms with van der Waals surface area (Å²) in [5, 5.41) is 2.66. The minimum atomic E-state index is -0.316. The summed E-state index contributed by atoms with van der Waals surface area (Å²) in [6, 6.07) is 3.11. The van der Waals surface area contributed by atoms with Gasteiger partial charge in [0.05, 0.1) is 7.11 Å². The summed E-state index contributed by atoms with van der Waals surface area (Å²) in [5.41, 5.74) is 0.517. The first kappa shape index (κ1) is 10.2. The normalized spacial score (nSPS) is 9.81. The fourth-order valence-corrected chi connectivity index (χ4v) is 1.21. The Kier molecular flexibility index (Phi) is 2.81. The molecule has 0 aliphatic heterocycles. The summed E-state index contributed by atoms with van der Waals surface area (Å²) in [6.07, 6.45) is 6.09. The monoisotopic (exact) mass is 218 g/mol. The lowest BCUT2D eigenvalue weighted by Crippen LogP contribution is -2.18. The van der Waals surface area contributed by atoms with Gasteiger partial charge in [0.25, 0.3) is 0 Å². The van der Waals surface area contributed by atoms with Gasteiger partial charge in [-0.3, -0.25) is 4.57 Å². The Morgan fingerprint density at radius 3 is 3.06 bits per heavy atom. The number of nitrogens with zero attached hydrogens (tertiary/aromatic N) is 3. The molecule has 0 radical (unpaired) electrons. The van der Waals surface area contributed by atoms with Gasteiger partial charge in [-0.1, -0.05) is 0 Å². The molecule has 0 aromatic carbocycles. The third-order valence-electron chi connectivity index (χ3n) is 1.95. The van der Waals surface area contributed by atoms with Crippen molar-refractivity contribution in [3.05, 3.63) is 37.1 Å². The second kappa shape index (κ2) is 4.43. The molecule has 0 saturated carbocycles. The summed E-state index contributed by atoms with van der Waals surface area (Å²) in [4.78, 5) is 19.4. The van der Waals surface area contributed by atoms with Crippen LogP contribution in [0.4, 0.5) is 10.5 Å². The molecule has 0 aliphatic carbocycles. The maximum atomic E-state index is 11.7. The minimum absolute atomic E-state index is 0.316. The van der Waals surface area contributed by atoms with Crippen LogP contribution in [0.2, 0.25) is 0 Å². The maximum absolute atomic E-state index is 11.7. The van der Waals surface area contributed by atoms with Crippen LogP contribution in [0.3, 0.4) is 0 Å². The van der Waals surface area contributed by atoms with Gasteiger partial charge in [0.2, 0.25) is 5.88 Å². The molecule has 1 amide bonds. The standard InChI is InChI=1S/C10H10N4O2/c1-16-9-8(3-2-4-12-9)13-10(15)14-6-5-11-7-14/h2-7H,1H3,(H,13,15). The van der Waals surface area contributed by atoms with Crippen molar-refractivity contribution in [2.24, 2.45) is 0 Å². The van der Waals surface area contributed by atoms with Crippen LogP contribution in [-0.2, 0) is 0 Å². The molecular formula is C10H10N4O2. The van der Waals surface area contributed by atoms with Crippen molar-refractivity contribution in [3.63, 3.8) is 0 Å².